The Morgan fingerprint density at radius 1 is 1.15 bits per heavy atom. The second-order valence-corrected chi connectivity index (χ2v) is 7.85. The first-order chi connectivity index (χ1) is 9.36. The summed E-state index contributed by atoms with van der Waals surface area (Å²) in [5, 5.41) is 0.680. The summed E-state index contributed by atoms with van der Waals surface area (Å²) in [5.74, 6) is 0.683. The van der Waals surface area contributed by atoms with Gasteiger partial charge in [-0.25, -0.2) is 8.42 Å². The van der Waals surface area contributed by atoms with Gasteiger partial charge in [0.05, 0.1) is 4.90 Å². The van der Waals surface area contributed by atoms with Crippen molar-refractivity contribution < 1.29 is 8.42 Å². The van der Waals surface area contributed by atoms with Crippen LogP contribution >= 0.6 is 23.4 Å². The van der Waals surface area contributed by atoms with E-state index >= 15 is 0 Å². The molecule has 2 aromatic rings. The number of anilines is 1. The van der Waals surface area contributed by atoms with Gasteiger partial charge in [0.25, 0.3) is 0 Å². The maximum atomic E-state index is 11.4. The normalized spacial score (nSPS) is 11.5. The van der Waals surface area contributed by atoms with E-state index in [4.69, 9.17) is 17.3 Å². The number of hydrogen-bond donors (Lipinski definition) is 1. The van der Waals surface area contributed by atoms with E-state index in [1.165, 1.54) is 6.26 Å². The lowest BCUT2D eigenvalue weighted by molar-refractivity contribution is 0.602. The number of halogens is 1. The van der Waals surface area contributed by atoms with Crippen molar-refractivity contribution >= 4 is 38.9 Å². The third-order valence-corrected chi connectivity index (χ3v) is 5.27. The van der Waals surface area contributed by atoms with Crippen LogP contribution in [0.3, 0.4) is 0 Å². The van der Waals surface area contributed by atoms with Gasteiger partial charge in [-0.15, -0.1) is 11.8 Å². The Labute approximate surface area is 128 Å². The Kier molecular flexibility index (Phi) is 4.62. The first kappa shape index (κ1) is 15.2. The van der Waals surface area contributed by atoms with Crippen LogP contribution in [0.1, 0.15) is 5.56 Å². The van der Waals surface area contributed by atoms with Crippen LogP contribution in [0.4, 0.5) is 5.69 Å². The topological polar surface area (TPSA) is 60.2 Å². The predicted octanol–water partition coefficient (Wildman–Crippen LogP) is 3.62. The molecule has 0 spiro atoms. The molecule has 0 atom stereocenters. The van der Waals surface area contributed by atoms with Crippen LogP contribution in [0.2, 0.25) is 5.02 Å². The lowest BCUT2D eigenvalue weighted by Gasteiger charge is -2.06. The number of sulfone groups is 1. The average Bonchev–Trinajstić information content (AvgIpc) is 2.39. The highest BCUT2D eigenvalue weighted by molar-refractivity contribution is 7.98. The van der Waals surface area contributed by atoms with E-state index in [1.807, 2.05) is 6.07 Å². The van der Waals surface area contributed by atoms with Gasteiger partial charge in [-0.2, -0.15) is 0 Å². The molecule has 0 unspecified atom stereocenters. The molecule has 0 amide bonds. The molecule has 0 aliphatic carbocycles. The molecule has 0 fully saturated rings. The zero-order chi connectivity index (χ0) is 14.8. The van der Waals surface area contributed by atoms with Gasteiger partial charge in [0, 0.05) is 27.6 Å². The van der Waals surface area contributed by atoms with Crippen molar-refractivity contribution in [3.63, 3.8) is 0 Å². The van der Waals surface area contributed by atoms with E-state index in [9.17, 15) is 8.42 Å². The van der Waals surface area contributed by atoms with Crippen LogP contribution in [-0.2, 0) is 15.6 Å². The third kappa shape index (κ3) is 3.91. The highest BCUT2D eigenvalue weighted by atomic mass is 35.5. The molecule has 20 heavy (non-hydrogen) atoms. The third-order valence-electron chi connectivity index (χ3n) is 2.72. The molecule has 2 aromatic carbocycles. The Bertz CT molecular complexity index is 712. The smallest absolute Gasteiger partial charge is 0.175 e. The summed E-state index contributed by atoms with van der Waals surface area (Å²) in [6.07, 6.45) is 1.20. The highest BCUT2D eigenvalue weighted by Gasteiger charge is 2.07. The fraction of sp³-hybridized carbons (Fsp3) is 0.143. The monoisotopic (exact) mass is 327 g/mol. The molecule has 0 saturated carbocycles. The first-order valence-corrected chi connectivity index (χ1v) is 9.08. The molecule has 2 rings (SSSR count). The van der Waals surface area contributed by atoms with Crippen LogP contribution in [-0.4, -0.2) is 14.7 Å². The minimum Gasteiger partial charge on any atom is -0.399 e. The molecule has 0 aliphatic heterocycles. The minimum absolute atomic E-state index is 0.323. The van der Waals surface area contributed by atoms with Crippen molar-refractivity contribution in [2.75, 3.05) is 12.0 Å². The highest BCUT2D eigenvalue weighted by Crippen LogP contribution is 2.28. The molecule has 6 heteroatoms. The SMILES string of the molecule is CS(=O)(=O)c1ccc(SCc2cc(N)ccc2Cl)cc1. The van der Waals surface area contributed by atoms with E-state index in [-0.39, 0.29) is 0 Å². The predicted molar refractivity (Wildman–Crippen MR) is 85.0 cm³/mol. The standard InChI is InChI=1S/C14H14ClNO2S2/c1-20(17,18)13-5-3-12(4-6-13)19-9-10-8-11(16)2-7-14(10)15/h2-8H,9,16H2,1H3. The van der Waals surface area contributed by atoms with Gasteiger partial charge in [-0.05, 0) is 48.0 Å². The molecule has 0 saturated heterocycles. The Hall–Kier alpha value is -1.17. The van der Waals surface area contributed by atoms with Gasteiger partial charge < -0.3 is 5.73 Å². The zero-order valence-electron chi connectivity index (χ0n) is 10.8. The maximum Gasteiger partial charge on any atom is 0.175 e. The largest absolute Gasteiger partial charge is 0.399 e. The van der Waals surface area contributed by atoms with Gasteiger partial charge in [-0.3, -0.25) is 0 Å². The number of nitrogens with two attached hydrogens (primary N) is 1. The maximum absolute atomic E-state index is 11.4. The fourth-order valence-electron chi connectivity index (χ4n) is 1.65. The van der Waals surface area contributed by atoms with Crippen molar-refractivity contribution in [3.05, 3.63) is 53.1 Å². The number of hydrogen-bond acceptors (Lipinski definition) is 4. The van der Waals surface area contributed by atoms with Gasteiger partial charge in [0.1, 0.15) is 0 Å². The first-order valence-electron chi connectivity index (χ1n) is 5.83. The minimum atomic E-state index is -3.15. The summed E-state index contributed by atoms with van der Waals surface area (Å²) in [5.41, 5.74) is 7.37. The summed E-state index contributed by atoms with van der Waals surface area (Å²) in [7, 11) is -3.15. The van der Waals surface area contributed by atoms with Crippen LogP contribution in [0.25, 0.3) is 0 Å². The Morgan fingerprint density at radius 3 is 2.40 bits per heavy atom. The molecule has 0 aromatic heterocycles. The number of nitrogen functional groups attached to an aromatic ring is 1. The van der Waals surface area contributed by atoms with Crippen LogP contribution in [0.5, 0.6) is 0 Å². The lowest BCUT2D eigenvalue weighted by Crippen LogP contribution is -1.96. The molecule has 106 valence electrons. The fourth-order valence-corrected chi connectivity index (χ4v) is 3.43. The quantitative estimate of drug-likeness (QED) is 0.688. The molecule has 0 bridgehead atoms. The Balaban J connectivity index is 2.10. The molecule has 0 heterocycles. The number of rotatable bonds is 4. The van der Waals surface area contributed by atoms with Crippen LogP contribution in [0.15, 0.2) is 52.3 Å². The zero-order valence-corrected chi connectivity index (χ0v) is 13.2. The van der Waals surface area contributed by atoms with Gasteiger partial charge in [-0.1, -0.05) is 11.6 Å². The molecule has 2 N–H and O–H groups in total. The van der Waals surface area contributed by atoms with Crippen LogP contribution in [0, 0.1) is 0 Å². The summed E-state index contributed by atoms with van der Waals surface area (Å²) in [6, 6.07) is 12.2. The second-order valence-electron chi connectivity index (χ2n) is 4.38. The summed E-state index contributed by atoms with van der Waals surface area (Å²) in [4.78, 5) is 1.31. The van der Waals surface area contributed by atoms with Crippen molar-refractivity contribution in [2.45, 2.75) is 15.5 Å². The van der Waals surface area contributed by atoms with Crippen molar-refractivity contribution in [3.8, 4) is 0 Å². The molecular formula is C14H14ClNO2S2. The van der Waals surface area contributed by atoms with Crippen LogP contribution < -0.4 is 5.73 Å². The lowest BCUT2D eigenvalue weighted by atomic mass is 10.2. The van der Waals surface area contributed by atoms with Crippen molar-refractivity contribution in [1.29, 1.82) is 0 Å². The molecule has 0 radical (unpaired) electrons. The summed E-state index contributed by atoms with van der Waals surface area (Å²) < 4.78 is 22.7. The van der Waals surface area contributed by atoms with Gasteiger partial charge >= 0.3 is 0 Å². The number of thioether (sulfide) groups is 1. The van der Waals surface area contributed by atoms with E-state index in [2.05, 4.69) is 0 Å². The summed E-state index contributed by atoms with van der Waals surface area (Å²) in [6.45, 7) is 0. The second kappa shape index (κ2) is 6.08. The van der Waals surface area contributed by atoms with Gasteiger partial charge in [0.2, 0.25) is 0 Å². The van der Waals surface area contributed by atoms with E-state index in [0.717, 1.165) is 10.5 Å². The molecule has 0 aliphatic rings. The molecule has 3 nitrogen and oxygen atoms in total. The summed E-state index contributed by atoms with van der Waals surface area (Å²) >= 11 is 7.68. The van der Waals surface area contributed by atoms with E-state index < -0.39 is 9.84 Å². The van der Waals surface area contributed by atoms with Crippen molar-refractivity contribution in [1.82, 2.24) is 0 Å². The van der Waals surface area contributed by atoms with Gasteiger partial charge in [0.15, 0.2) is 9.84 Å². The average molecular weight is 328 g/mol. The number of benzene rings is 2. The Morgan fingerprint density at radius 2 is 1.80 bits per heavy atom. The van der Waals surface area contributed by atoms with E-state index in [0.29, 0.717) is 21.4 Å². The van der Waals surface area contributed by atoms with E-state index in [1.54, 1.807) is 48.2 Å². The van der Waals surface area contributed by atoms with Crippen molar-refractivity contribution in [2.24, 2.45) is 0 Å². The molecular weight excluding hydrogens is 314 g/mol.